The van der Waals surface area contributed by atoms with Gasteiger partial charge in [-0.15, -0.1) is 0 Å². The molecule has 0 atom stereocenters. The lowest BCUT2D eigenvalue weighted by molar-refractivity contribution is 0.0731. The van der Waals surface area contributed by atoms with Crippen LogP contribution in [0, 0.1) is 6.92 Å². The number of methoxy groups -OCH3 is 1. The Bertz CT molecular complexity index is 640. The van der Waals surface area contributed by atoms with Gasteiger partial charge in [-0.25, -0.2) is 0 Å². The first-order chi connectivity index (χ1) is 11.2. The molecule has 23 heavy (non-hydrogen) atoms. The Morgan fingerprint density at radius 3 is 2.52 bits per heavy atom. The van der Waals surface area contributed by atoms with Crippen LogP contribution >= 0.6 is 0 Å². The number of nitrogens with zero attached hydrogens (tertiary/aromatic N) is 1. The highest BCUT2D eigenvalue weighted by molar-refractivity contribution is 5.95. The van der Waals surface area contributed by atoms with Crippen LogP contribution in [-0.2, 0) is 6.54 Å². The van der Waals surface area contributed by atoms with Crippen molar-refractivity contribution >= 4 is 5.91 Å². The molecule has 0 fully saturated rings. The second kappa shape index (κ2) is 8.34. The Hall–Kier alpha value is -2.33. The molecule has 2 aromatic carbocycles. The van der Waals surface area contributed by atoms with Crippen LogP contribution in [0.2, 0.25) is 0 Å². The number of rotatable bonds is 7. The van der Waals surface area contributed by atoms with Crippen LogP contribution in [0.5, 0.6) is 5.75 Å². The van der Waals surface area contributed by atoms with E-state index in [2.05, 4.69) is 0 Å². The number of hydrogen-bond donors (Lipinski definition) is 1. The normalized spacial score (nSPS) is 10.4. The molecule has 0 aliphatic carbocycles. The molecule has 122 valence electrons. The fourth-order valence-corrected chi connectivity index (χ4v) is 2.49. The second-order valence-electron chi connectivity index (χ2n) is 5.47. The van der Waals surface area contributed by atoms with E-state index >= 15 is 0 Å². The van der Waals surface area contributed by atoms with Crippen molar-refractivity contribution in [3.05, 3.63) is 65.2 Å². The van der Waals surface area contributed by atoms with Gasteiger partial charge in [-0.2, -0.15) is 0 Å². The summed E-state index contributed by atoms with van der Waals surface area (Å²) in [6.45, 7) is 3.03. The number of amides is 1. The molecule has 0 aliphatic heterocycles. The zero-order valence-electron chi connectivity index (χ0n) is 13.7. The molecule has 0 aromatic heterocycles. The van der Waals surface area contributed by atoms with Crippen LogP contribution in [0.1, 0.15) is 27.9 Å². The van der Waals surface area contributed by atoms with Gasteiger partial charge in [0.2, 0.25) is 0 Å². The van der Waals surface area contributed by atoms with Crippen molar-refractivity contribution in [2.75, 3.05) is 20.3 Å². The molecule has 2 aromatic rings. The van der Waals surface area contributed by atoms with Crippen LogP contribution in [0.15, 0.2) is 48.5 Å². The summed E-state index contributed by atoms with van der Waals surface area (Å²) in [5.41, 5.74) is 2.63. The fourth-order valence-electron chi connectivity index (χ4n) is 2.49. The topological polar surface area (TPSA) is 49.8 Å². The molecule has 0 spiro atoms. The van der Waals surface area contributed by atoms with E-state index in [4.69, 9.17) is 9.84 Å². The fraction of sp³-hybridized carbons (Fsp3) is 0.316. The summed E-state index contributed by atoms with van der Waals surface area (Å²) in [7, 11) is 1.61. The summed E-state index contributed by atoms with van der Waals surface area (Å²) >= 11 is 0. The highest BCUT2D eigenvalue weighted by Crippen LogP contribution is 2.19. The van der Waals surface area contributed by atoms with Gasteiger partial charge in [0.1, 0.15) is 5.75 Å². The molecule has 4 heteroatoms. The Labute approximate surface area is 137 Å². The van der Waals surface area contributed by atoms with E-state index in [1.807, 2.05) is 43.3 Å². The summed E-state index contributed by atoms with van der Waals surface area (Å²) < 4.78 is 5.19. The van der Waals surface area contributed by atoms with Crippen molar-refractivity contribution in [1.82, 2.24) is 4.90 Å². The van der Waals surface area contributed by atoms with Gasteiger partial charge in [-0.3, -0.25) is 4.79 Å². The third-order valence-corrected chi connectivity index (χ3v) is 3.75. The number of aliphatic hydroxyl groups excluding tert-OH is 1. The van der Waals surface area contributed by atoms with Crippen LogP contribution in [0.25, 0.3) is 0 Å². The zero-order chi connectivity index (χ0) is 16.7. The highest BCUT2D eigenvalue weighted by Gasteiger charge is 2.18. The molecular weight excluding hydrogens is 290 g/mol. The second-order valence-corrected chi connectivity index (χ2v) is 5.47. The highest BCUT2D eigenvalue weighted by atomic mass is 16.5. The summed E-state index contributed by atoms with van der Waals surface area (Å²) in [6, 6.07) is 15.3. The van der Waals surface area contributed by atoms with Crippen LogP contribution in [-0.4, -0.2) is 36.2 Å². The Morgan fingerprint density at radius 2 is 1.91 bits per heavy atom. The molecule has 0 unspecified atom stereocenters. The summed E-state index contributed by atoms with van der Waals surface area (Å²) in [4.78, 5) is 14.7. The monoisotopic (exact) mass is 313 g/mol. The first kappa shape index (κ1) is 17.0. The van der Waals surface area contributed by atoms with E-state index in [-0.39, 0.29) is 12.5 Å². The molecule has 0 heterocycles. The third kappa shape index (κ3) is 4.57. The summed E-state index contributed by atoms with van der Waals surface area (Å²) in [5, 5.41) is 9.10. The van der Waals surface area contributed by atoms with Crippen molar-refractivity contribution < 1.29 is 14.6 Å². The van der Waals surface area contributed by atoms with Crippen LogP contribution < -0.4 is 4.74 Å². The van der Waals surface area contributed by atoms with Gasteiger partial charge in [0.15, 0.2) is 0 Å². The maximum absolute atomic E-state index is 12.9. The van der Waals surface area contributed by atoms with Crippen molar-refractivity contribution in [3.63, 3.8) is 0 Å². The molecule has 1 N–H and O–H groups in total. The molecule has 2 rings (SSSR count). The van der Waals surface area contributed by atoms with Gasteiger partial charge in [0.05, 0.1) is 7.11 Å². The van der Waals surface area contributed by atoms with E-state index in [9.17, 15) is 4.79 Å². The number of ether oxygens (including phenoxy) is 1. The predicted molar refractivity (Wildman–Crippen MR) is 90.6 cm³/mol. The molecule has 0 aliphatic rings. The van der Waals surface area contributed by atoms with Gasteiger partial charge >= 0.3 is 0 Å². The minimum atomic E-state index is -0.0255. The lowest BCUT2D eigenvalue weighted by atomic mass is 10.1. The largest absolute Gasteiger partial charge is 0.497 e. The van der Waals surface area contributed by atoms with Gasteiger partial charge in [0, 0.05) is 25.3 Å². The number of carbonyl (C=O) groups is 1. The Morgan fingerprint density at radius 1 is 1.17 bits per heavy atom. The van der Waals surface area contributed by atoms with E-state index < -0.39 is 0 Å². The average molecular weight is 313 g/mol. The quantitative estimate of drug-likeness (QED) is 0.855. The van der Waals surface area contributed by atoms with Crippen LogP contribution in [0.4, 0.5) is 0 Å². The van der Waals surface area contributed by atoms with E-state index in [1.165, 1.54) is 0 Å². The van der Waals surface area contributed by atoms with Gasteiger partial charge in [-0.05, 0) is 42.7 Å². The molecule has 0 saturated heterocycles. The van der Waals surface area contributed by atoms with Crippen molar-refractivity contribution in [1.29, 1.82) is 0 Å². The predicted octanol–water partition coefficient (Wildman–Crippen LogP) is 3.03. The zero-order valence-corrected chi connectivity index (χ0v) is 13.7. The number of benzene rings is 2. The first-order valence-corrected chi connectivity index (χ1v) is 7.74. The lowest BCUT2D eigenvalue weighted by Crippen LogP contribution is -2.32. The van der Waals surface area contributed by atoms with Crippen molar-refractivity contribution in [2.24, 2.45) is 0 Å². The van der Waals surface area contributed by atoms with Gasteiger partial charge in [0.25, 0.3) is 5.91 Å². The lowest BCUT2D eigenvalue weighted by Gasteiger charge is -2.23. The molecule has 4 nitrogen and oxygen atoms in total. The van der Waals surface area contributed by atoms with Gasteiger partial charge < -0.3 is 14.7 Å². The maximum Gasteiger partial charge on any atom is 0.254 e. The SMILES string of the molecule is COc1ccc(C(=O)N(CCCO)Cc2ccccc2)c(C)c1. The standard InChI is InChI=1S/C19H23NO3/c1-15-13-17(23-2)9-10-18(15)19(22)20(11-6-12-21)14-16-7-4-3-5-8-16/h3-5,7-10,13,21H,6,11-12,14H2,1-2H3. The van der Waals surface area contributed by atoms with E-state index in [1.54, 1.807) is 24.1 Å². The van der Waals surface area contributed by atoms with Gasteiger partial charge in [-0.1, -0.05) is 30.3 Å². The smallest absolute Gasteiger partial charge is 0.254 e. The average Bonchev–Trinajstić information content (AvgIpc) is 2.58. The number of carbonyl (C=O) groups excluding carboxylic acids is 1. The first-order valence-electron chi connectivity index (χ1n) is 7.74. The summed E-state index contributed by atoms with van der Waals surface area (Å²) in [6.07, 6.45) is 0.563. The molecule has 1 amide bonds. The summed E-state index contributed by atoms with van der Waals surface area (Å²) in [5.74, 6) is 0.714. The van der Waals surface area contributed by atoms with E-state index in [0.717, 1.165) is 16.9 Å². The van der Waals surface area contributed by atoms with Crippen molar-refractivity contribution in [2.45, 2.75) is 19.9 Å². The minimum absolute atomic E-state index is 0.0255. The Balaban J connectivity index is 2.22. The van der Waals surface area contributed by atoms with Crippen LogP contribution in [0.3, 0.4) is 0 Å². The number of hydrogen-bond acceptors (Lipinski definition) is 3. The number of aliphatic hydroxyl groups is 1. The molecule has 0 radical (unpaired) electrons. The molecular formula is C19H23NO3. The van der Waals surface area contributed by atoms with Crippen molar-refractivity contribution in [3.8, 4) is 5.75 Å². The minimum Gasteiger partial charge on any atom is -0.497 e. The third-order valence-electron chi connectivity index (χ3n) is 3.75. The molecule has 0 saturated carbocycles. The number of aryl methyl sites for hydroxylation is 1. The Kier molecular flexibility index (Phi) is 6.18. The maximum atomic E-state index is 12.9. The molecule has 0 bridgehead atoms. The van der Waals surface area contributed by atoms with E-state index in [0.29, 0.717) is 25.1 Å².